The number of benzene rings is 1. The van der Waals surface area contributed by atoms with Crippen LogP contribution in [0, 0.1) is 5.41 Å². The van der Waals surface area contributed by atoms with E-state index < -0.39 is 0 Å². The fourth-order valence-electron chi connectivity index (χ4n) is 5.18. The summed E-state index contributed by atoms with van der Waals surface area (Å²) in [6.45, 7) is 2.09. The molecule has 0 bridgehead atoms. The van der Waals surface area contributed by atoms with Crippen LogP contribution in [0.2, 0.25) is 0 Å². The number of fused-ring (bicyclic) bond motifs is 1. The van der Waals surface area contributed by atoms with Crippen LogP contribution in [-0.4, -0.2) is 51.8 Å². The number of carbonyl (C=O) groups is 1. The number of methoxy groups -OCH3 is 1. The Labute approximate surface area is 160 Å². The van der Waals surface area contributed by atoms with Gasteiger partial charge in [0, 0.05) is 38.6 Å². The second kappa shape index (κ2) is 7.60. The summed E-state index contributed by atoms with van der Waals surface area (Å²) in [6, 6.07) is 7.83. The summed E-state index contributed by atoms with van der Waals surface area (Å²) in [6.07, 6.45) is 6.40. The molecule has 1 N–H and O–H groups in total. The Morgan fingerprint density at radius 3 is 2.96 bits per heavy atom. The van der Waals surface area contributed by atoms with Crippen LogP contribution < -0.4 is 0 Å². The van der Waals surface area contributed by atoms with Gasteiger partial charge in [0.2, 0.25) is 5.91 Å². The first kappa shape index (κ1) is 18.4. The molecule has 1 aromatic heterocycles. The molecule has 1 saturated heterocycles. The van der Waals surface area contributed by atoms with Gasteiger partial charge < -0.3 is 19.3 Å². The molecule has 6 nitrogen and oxygen atoms in total. The molecule has 2 atom stereocenters. The summed E-state index contributed by atoms with van der Waals surface area (Å²) in [5, 5.41) is 9.64. The summed E-state index contributed by atoms with van der Waals surface area (Å²) >= 11 is 0. The number of amides is 1. The van der Waals surface area contributed by atoms with Gasteiger partial charge in [-0.05, 0) is 37.8 Å². The standard InChI is InChI=1S/C21H29N3O3/c1-27-18-8-4-10-21(18)11-5-12-23(15-21)20(26)9-13-24-17-7-3-2-6-16(17)22-19(24)14-25/h2-3,6-7,18,25H,4-5,8-15H2,1H3/t18-,21+/m1/s1. The molecule has 2 aromatic rings. The highest BCUT2D eigenvalue weighted by Crippen LogP contribution is 2.46. The van der Waals surface area contributed by atoms with Crippen molar-refractivity contribution in [3.05, 3.63) is 30.1 Å². The number of aliphatic hydroxyl groups is 1. The minimum Gasteiger partial charge on any atom is -0.388 e. The predicted molar refractivity (Wildman–Crippen MR) is 103 cm³/mol. The number of ether oxygens (including phenoxy) is 1. The molecule has 4 rings (SSSR count). The van der Waals surface area contributed by atoms with E-state index in [-0.39, 0.29) is 24.0 Å². The van der Waals surface area contributed by atoms with Crippen LogP contribution in [-0.2, 0) is 22.7 Å². The van der Waals surface area contributed by atoms with Crippen molar-refractivity contribution in [2.75, 3.05) is 20.2 Å². The third kappa shape index (κ3) is 3.36. The highest BCUT2D eigenvalue weighted by atomic mass is 16.5. The molecule has 6 heteroatoms. The maximum absolute atomic E-state index is 13.0. The molecular weight excluding hydrogens is 342 g/mol. The second-order valence-corrected chi connectivity index (χ2v) is 7.97. The first-order valence-corrected chi connectivity index (χ1v) is 10.0. The Morgan fingerprint density at radius 2 is 2.15 bits per heavy atom. The van der Waals surface area contributed by atoms with Crippen molar-refractivity contribution in [1.82, 2.24) is 14.5 Å². The number of para-hydroxylation sites is 2. The quantitative estimate of drug-likeness (QED) is 0.878. The number of piperidine rings is 1. The summed E-state index contributed by atoms with van der Waals surface area (Å²) in [7, 11) is 1.80. The zero-order chi connectivity index (χ0) is 18.9. The van der Waals surface area contributed by atoms with E-state index >= 15 is 0 Å². The molecule has 146 valence electrons. The number of likely N-dealkylation sites (tertiary alicyclic amines) is 1. The van der Waals surface area contributed by atoms with Crippen molar-refractivity contribution >= 4 is 16.9 Å². The number of hydrogen-bond donors (Lipinski definition) is 1. The van der Waals surface area contributed by atoms with Gasteiger partial charge >= 0.3 is 0 Å². The molecule has 1 spiro atoms. The lowest BCUT2D eigenvalue weighted by Crippen LogP contribution is -2.49. The molecule has 27 heavy (non-hydrogen) atoms. The van der Waals surface area contributed by atoms with Crippen LogP contribution in [0.4, 0.5) is 0 Å². The Morgan fingerprint density at radius 1 is 1.33 bits per heavy atom. The molecule has 1 aliphatic heterocycles. The van der Waals surface area contributed by atoms with E-state index in [2.05, 4.69) is 4.98 Å². The number of rotatable bonds is 5. The van der Waals surface area contributed by atoms with Crippen LogP contribution in [0.15, 0.2) is 24.3 Å². The Balaban J connectivity index is 1.45. The summed E-state index contributed by atoms with van der Waals surface area (Å²) in [5.74, 6) is 0.812. The topological polar surface area (TPSA) is 67.6 Å². The van der Waals surface area contributed by atoms with Crippen molar-refractivity contribution in [2.45, 2.75) is 57.8 Å². The fourth-order valence-corrected chi connectivity index (χ4v) is 5.18. The average molecular weight is 371 g/mol. The zero-order valence-electron chi connectivity index (χ0n) is 16.1. The molecule has 1 aliphatic carbocycles. The molecule has 0 radical (unpaired) electrons. The van der Waals surface area contributed by atoms with Gasteiger partial charge in [0.25, 0.3) is 0 Å². The molecule has 0 unspecified atom stereocenters. The van der Waals surface area contributed by atoms with Gasteiger partial charge in [-0.15, -0.1) is 0 Å². The van der Waals surface area contributed by atoms with Gasteiger partial charge in [0.05, 0.1) is 17.1 Å². The molecule has 1 saturated carbocycles. The van der Waals surface area contributed by atoms with Crippen LogP contribution in [0.1, 0.15) is 44.3 Å². The fraction of sp³-hybridized carbons (Fsp3) is 0.619. The van der Waals surface area contributed by atoms with Crippen LogP contribution in [0.25, 0.3) is 11.0 Å². The summed E-state index contributed by atoms with van der Waals surface area (Å²) in [4.78, 5) is 19.5. The lowest BCUT2D eigenvalue weighted by molar-refractivity contribution is -0.137. The third-order valence-corrected chi connectivity index (χ3v) is 6.49. The first-order chi connectivity index (χ1) is 13.2. The molecule has 2 aliphatic rings. The van der Waals surface area contributed by atoms with Crippen molar-refractivity contribution in [3.8, 4) is 0 Å². The van der Waals surface area contributed by atoms with Crippen molar-refractivity contribution in [2.24, 2.45) is 5.41 Å². The van der Waals surface area contributed by atoms with Gasteiger partial charge in [0.1, 0.15) is 12.4 Å². The van der Waals surface area contributed by atoms with Gasteiger partial charge in [-0.2, -0.15) is 0 Å². The number of imidazole rings is 1. The lowest BCUT2D eigenvalue weighted by Gasteiger charge is -2.43. The van der Waals surface area contributed by atoms with Gasteiger partial charge in [-0.3, -0.25) is 4.79 Å². The number of aliphatic hydroxyl groups excluding tert-OH is 1. The SMILES string of the molecule is CO[C@@H]1CCC[C@@]12CCCN(C(=O)CCn1c(CO)nc3ccccc31)C2. The van der Waals surface area contributed by atoms with Crippen LogP contribution in [0.5, 0.6) is 0 Å². The monoisotopic (exact) mass is 371 g/mol. The Hall–Kier alpha value is -1.92. The highest BCUT2D eigenvalue weighted by molar-refractivity contribution is 5.78. The van der Waals surface area contributed by atoms with Crippen LogP contribution >= 0.6 is 0 Å². The lowest BCUT2D eigenvalue weighted by atomic mass is 9.76. The minimum absolute atomic E-state index is 0.120. The van der Waals surface area contributed by atoms with E-state index in [0.29, 0.717) is 18.8 Å². The Bertz CT molecular complexity index is 818. The third-order valence-electron chi connectivity index (χ3n) is 6.49. The maximum atomic E-state index is 13.0. The smallest absolute Gasteiger partial charge is 0.224 e. The zero-order valence-corrected chi connectivity index (χ0v) is 16.1. The molecule has 1 amide bonds. The van der Waals surface area contributed by atoms with Gasteiger partial charge in [-0.25, -0.2) is 4.98 Å². The second-order valence-electron chi connectivity index (χ2n) is 7.97. The largest absolute Gasteiger partial charge is 0.388 e. The average Bonchev–Trinajstić information content (AvgIpc) is 3.26. The first-order valence-electron chi connectivity index (χ1n) is 10.0. The molecule has 2 heterocycles. The van der Waals surface area contributed by atoms with E-state index in [9.17, 15) is 9.90 Å². The van der Waals surface area contributed by atoms with E-state index in [4.69, 9.17) is 4.74 Å². The van der Waals surface area contributed by atoms with Crippen molar-refractivity contribution < 1.29 is 14.6 Å². The summed E-state index contributed by atoms with van der Waals surface area (Å²) in [5.41, 5.74) is 1.99. The highest BCUT2D eigenvalue weighted by Gasteiger charge is 2.46. The number of aromatic nitrogens is 2. The molecule has 2 fully saturated rings. The van der Waals surface area contributed by atoms with E-state index in [1.54, 1.807) is 7.11 Å². The van der Waals surface area contributed by atoms with Gasteiger partial charge in [0.15, 0.2) is 0 Å². The molecule has 1 aromatic carbocycles. The predicted octanol–water partition coefficient (Wildman–Crippen LogP) is 2.73. The number of carbonyl (C=O) groups excluding carboxylic acids is 1. The number of aryl methyl sites for hydroxylation is 1. The Kier molecular flexibility index (Phi) is 5.19. The van der Waals surface area contributed by atoms with E-state index in [1.807, 2.05) is 33.7 Å². The number of nitrogens with zero attached hydrogens (tertiary/aromatic N) is 3. The minimum atomic E-state index is -0.120. The molecular formula is C21H29N3O3. The van der Waals surface area contributed by atoms with Gasteiger partial charge in [-0.1, -0.05) is 18.6 Å². The van der Waals surface area contributed by atoms with E-state index in [1.165, 1.54) is 6.42 Å². The van der Waals surface area contributed by atoms with Crippen molar-refractivity contribution in [3.63, 3.8) is 0 Å². The normalized spacial score (nSPS) is 25.6. The maximum Gasteiger partial charge on any atom is 0.224 e. The van der Waals surface area contributed by atoms with Crippen LogP contribution in [0.3, 0.4) is 0 Å². The van der Waals surface area contributed by atoms with Crippen molar-refractivity contribution in [1.29, 1.82) is 0 Å². The number of hydrogen-bond acceptors (Lipinski definition) is 4. The summed E-state index contributed by atoms with van der Waals surface area (Å²) < 4.78 is 7.72. The van der Waals surface area contributed by atoms with E-state index in [0.717, 1.165) is 49.8 Å².